The number of ether oxygens (including phenoxy) is 1. The molecule has 0 aliphatic carbocycles. The van der Waals surface area contributed by atoms with Crippen LogP contribution in [-0.2, 0) is 0 Å². The van der Waals surface area contributed by atoms with Crippen LogP contribution in [0.4, 0.5) is 14.6 Å². The average Bonchev–Trinajstić information content (AvgIpc) is 3.06. The second-order valence-corrected chi connectivity index (χ2v) is 7.22. The van der Waals surface area contributed by atoms with Crippen LogP contribution >= 0.6 is 0 Å². The largest absolute Gasteiger partial charge is 0.491 e. The minimum absolute atomic E-state index is 0.0593. The van der Waals surface area contributed by atoms with Gasteiger partial charge in [0.15, 0.2) is 0 Å². The molecule has 8 heteroatoms. The number of alkyl halides is 1. The number of halogens is 2. The number of anilines is 1. The maximum Gasteiger partial charge on any atom is 0.140 e. The highest BCUT2D eigenvalue weighted by molar-refractivity contribution is 5.63. The number of rotatable bonds is 5. The smallest absolute Gasteiger partial charge is 0.140 e. The van der Waals surface area contributed by atoms with Crippen molar-refractivity contribution in [1.82, 2.24) is 19.7 Å². The molecular weight excluding hydrogens is 364 g/mol. The third kappa shape index (κ3) is 3.91. The van der Waals surface area contributed by atoms with E-state index in [1.54, 1.807) is 6.20 Å². The third-order valence-corrected chi connectivity index (χ3v) is 4.64. The number of piperidine rings is 1. The predicted molar refractivity (Wildman–Crippen MR) is 104 cm³/mol. The van der Waals surface area contributed by atoms with Gasteiger partial charge in [0.2, 0.25) is 0 Å². The van der Waals surface area contributed by atoms with Gasteiger partial charge in [-0.15, -0.1) is 0 Å². The second-order valence-electron chi connectivity index (χ2n) is 7.22. The lowest BCUT2D eigenvalue weighted by molar-refractivity contribution is 0.241. The number of aromatic nitrogens is 3. The van der Waals surface area contributed by atoms with Gasteiger partial charge in [-0.25, -0.2) is 18.7 Å². The molecule has 3 aromatic heterocycles. The summed E-state index contributed by atoms with van der Waals surface area (Å²) in [5, 5.41) is 6.15. The molecule has 1 aliphatic heterocycles. The van der Waals surface area contributed by atoms with Crippen LogP contribution in [0.5, 0.6) is 5.75 Å². The zero-order valence-corrected chi connectivity index (χ0v) is 15.8. The maximum atomic E-state index is 14.2. The molecule has 0 bridgehead atoms. The fraction of sp³-hybridized carbons (Fsp3) is 0.400. The molecule has 2 N–H and O–H groups in total. The molecule has 0 spiro atoms. The normalized spacial score (nSPS) is 19.9. The van der Waals surface area contributed by atoms with Crippen LogP contribution in [-0.4, -0.2) is 45.8 Å². The Kier molecular flexibility index (Phi) is 5.13. The van der Waals surface area contributed by atoms with E-state index in [4.69, 9.17) is 4.74 Å². The van der Waals surface area contributed by atoms with Crippen molar-refractivity contribution < 1.29 is 13.5 Å². The Labute approximate surface area is 162 Å². The lowest BCUT2D eigenvalue weighted by atomic mass is 10.1. The summed E-state index contributed by atoms with van der Waals surface area (Å²) in [5.74, 6) is 0.579. The summed E-state index contributed by atoms with van der Waals surface area (Å²) in [7, 11) is 0. The Morgan fingerprint density at radius 2 is 2.18 bits per heavy atom. The molecular formula is C20H23F2N5O. The van der Waals surface area contributed by atoms with Gasteiger partial charge in [0.05, 0.1) is 29.7 Å². The van der Waals surface area contributed by atoms with Crippen LogP contribution in [0.1, 0.15) is 20.3 Å². The number of nitrogens with zero attached hydrogens (tertiary/aromatic N) is 3. The van der Waals surface area contributed by atoms with Gasteiger partial charge >= 0.3 is 0 Å². The molecule has 0 saturated carbocycles. The van der Waals surface area contributed by atoms with Crippen molar-refractivity contribution in [2.75, 3.05) is 18.4 Å². The maximum absolute atomic E-state index is 14.2. The highest BCUT2D eigenvalue weighted by Crippen LogP contribution is 2.25. The van der Waals surface area contributed by atoms with E-state index in [0.717, 1.165) is 0 Å². The van der Waals surface area contributed by atoms with Crippen LogP contribution in [0.15, 0.2) is 36.7 Å². The van der Waals surface area contributed by atoms with Crippen molar-refractivity contribution in [2.24, 2.45) is 0 Å². The Morgan fingerprint density at radius 3 is 2.96 bits per heavy atom. The number of nitrogens with one attached hydrogen (secondary N) is 2. The molecule has 28 heavy (non-hydrogen) atoms. The first kappa shape index (κ1) is 18.6. The highest BCUT2D eigenvalue weighted by Gasteiger charge is 2.25. The minimum Gasteiger partial charge on any atom is -0.491 e. The molecule has 148 valence electrons. The molecule has 2 atom stereocenters. The summed E-state index contributed by atoms with van der Waals surface area (Å²) >= 11 is 0. The fourth-order valence-electron chi connectivity index (χ4n) is 3.36. The molecule has 1 aliphatic rings. The number of hydrogen-bond acceptors (Lipinski definition) is 5. The molecule has 4 rings (SSSR count). The van der Waals surface area contributed by atoms with Gasteiger partial charge in [-0.05, 0) is 32.9 Å². The first-order valence-corrected chi connectivity index (χ1v) is 9.42. The number of fused-ring (bicyclic) bond motifs is 1. The van der Waals surface area contributed by atoms with Crippen molar-refractivity contribution in [2.45, 2.75) is 38.6 Å². The number of imidazole rings is 1. The lowest BCUT2D eigenvalue weighted by Gasteiger charge is -2.28. The Balaban J connectivity index is 1.64. The third-order valence-electron chi connectivity index (χ3n) is 4.64. The average molecular weight is 387 g/mol. The predicted octanol–water partition coefficient (Wildman–Crippen LogP) is 3.43. The Hall–Kier alpha value is -2.74. The van der Waals surface area contributed by atoms with E-state index in [9.17, 15) is 8.78 Å². The van der Waals surface area contributed by atoms with Gasteiger partial charge in [0, 0.05) is 30.9 Å². The highest BCUT2D eigenvalue weighted by atomic mass is 19.1. The van der Waals surface area contributed by atoms with Crippen molar-refractivity contribution in [3.05, 3.63) is 42.5 Å². The molecule has 3 aromatic rings. The number of hydrogen-bond donors (Lipinski definition) is 2. The summed E-state index contributed by atoms with van der Waals surface area (Å²) in [6.45, 7) is 5.03. The summed E-state index contributed by atoms with van der Waals surface area (Å²) in [5.41, 5.74) is 1.74. The quantitative estimate of drug-likeness (QED) is 0.702. The van der Waals surface area contributed by atoms with Crippen molar-refractivity contribution in [3.63, 3.8) is 0 Å². The SMILES string of the molecule is CC(C)Oc1ccn2c(-c3cc(F)cc(N[C@H]4CNCC[C@@H]4F)n3)cnc2c1. The first-order chi connectivity index (χ1) is 13.5. The van der Waals surface area contributed by atoms with Crippen molar-refractivity contribution >= 4 is 11.5 Å². The van der Waals surface area contributed by atoms with Crippen molar-refractivity contribution in [1.29, 1.82) is 0 Å². The summed E-state index contributed by atoms with van der Waals surface area (Å²) in [6.07, 6.45) is 2.94. The van der Waals surface area contributed by atoms with E-state index in [1.807, 2.05) is 36.6 Å². The van der Waals surface area contributed by atoms with Gasteiger partial charge in [-0.2, -0.15) is 0 Å². The Morgan fingerprint density at radius 1 is 1.32 bits per heavy atom. The van der Waals surface area contributed by atoms with Gasteiger partial charge in [-0.1, -0.05) is 0 Å². The van der Waals surface area contributed by atoms with Gasteiger partial charge in [-0.3, -0.25) is 4.40 Å². The summed E-state index contributed by atoms with van der Waals surface area (Å²) < 4.78 is 35.8. The molecule has 1 fully saturated rings. The molecule has 6 nitrogen and oxygen atoms in total. The summed E-state index contributed by atoms with van der Waals surface area (Å²) in [6, 6.07) is 5.84. The van der Waals surface area contributed by atoms with Gasteiger partial charge in [0.25, 0.3) is 0 Å². The monoisotopic (exact) mass is 387 g/mol. The van der Waals surface area contributed by atoms with E-state index < -0.39 is 18.0 Å². The first-order valence-electron chi connectivity index (χ1n) is 9.42. The van der Waals surface area contributed by atoms with Crippen LogP contribution < -0.4 is 15.4 Å². The summed E-state index contributed by atoms with van der Waals surface area (Å²) in [4.78, 5) is 8.87. The lowest BCUT2D eigenvalue weighted by Crippen LogP contribution is -2.46. The van der Waals surface area contributed by atoms with Crippen LogP contribution in [0, 0.1) is 5.82 Å². The van der Waals surface area contributed by atoms with E-state index in [0.29, 0.717) is 48.1 Å². The van der Waals surface area contributed by atoms with Gasteiger partial charge < -0.3 is 15.4 Å². The van der Waals surface area contributed by atoms with Crippen molar-refractivity contribution in [3.8, 4) is 17.1 Å². The van der Waals surface area contributed by atoms with E-state index in [2.05, 4.69) is 20.6 Å². The van der Waals surface area contributed by atoms with E-state index in [1.165, 1.54) is 12.1 Å². The molecule has 0 unspecified atom stereocenters. The van der Waals surface area contributed by atoms with Crippen LogP contribution in [0.25, 0.3) is 17.0 Å². The standard InChI is InChI=1S/C20H23F2N5O/c1-12(2)28-14-4-6-27-18(11-24-20(27)9-14)16-7-13(21)8-19(25-16)26-17-10-23-5-3-15(17)22/h4,6-9,11-12,15,17,23H,3,5,10H2,1-2H3,(H,25,26)/t15-,17-/m0/s1. The minimum atomic E-state index is -0.995. The molecule has 0 radical (unpaired) electrons. The number of pyridine rings is 2. The Bertz CT molecular complexity index is 974. The van der Waals surface area contributed by atoms with E-state index in [-0.39, 0.29) is 6.10 Å². The molecule has 4 heterocycles. The fourth-order valence-corrected chi connectivity index (χ4v) is 3.36. The van der Waals surface area contributed by atoms with Gasteiger partial charge in [0.1, 0.15) is 29.2 Å². The second kappa shape index (κ2) is 7.71. The topological polar surface area (TPSA) is 63.5 Å². The zero-order chi connectivity index (χ0) is 19.7. The molecule has 1 saturated heterocycles. The zero-order valence-electron chi connectivity index (χ0n) is 15.8. The molecule has 0 aromatic carbocycles. The van der Waals surface area contributed by atoms with E-state index >= 15 is 0 Å². The molecule has 0 amide bonds. The van der Waals surface area contributed by atoms with Crippen LogP contribution in [0.2, 0.25) is 0 Å². The van der Waals surface area contributed by atoms with Crippen LogP contribution in [0.3, 0.4) is 0 Å².